The molecule has 1 saturated heterocycles. The third-order valence-electron chi connectivity index (χ3n) is 5.25. The van der Waals surface area contributed by atoms with Crippen LogP contribution < -0.4 is 10.2 Å². The second kappa shape index (κ2) is 7.84. The molecule has 28 heavy (non-hydrogen) atoms. The summed E-state index contributed by atoms with van der Waals surface area (Å²) in [6.07, 6.45) is 1.85. The fraction of sp³-hybridized carbons (Fsp3) is 0.318. The van der Waals surface area contributed by atoms with E-state index in [0.29, 0.717) is 19.5 Å². The smallest absolute Gasteiger partial charge is 0.227 e. The number of rotatable bonds is 6. The SMILES string of the molecule is CCc1ccc(N2CC(C(=O)NCCc3nc4ccccc4[nH]3)CC2=O)cc1. The molecule has 3 aromatic rings. The molecule has 2 amide bonds. The number of imidazole rings is 1. The average molecular weight is 376 g/mol. The van der Waals surface area contributed by atoms with Gasteiger partial charge >= 0.3 is 0 Å². The molecule has 1 aromatic heterocycles. The van der Waals surface area contributed by atoms with Crippen molar-refractivity contribution in [2.75, 3.05) is 18.0 Å². The Morgan fingerprint density at radius 3 is 2.75 bits per heavy atom. The van der Waals surface area contributed by atoms with Crippen molar-refractivity contribution in [3.8, 4) is 0 Å². The number of fused-ring (bicyclic) bond motifs is 1. The number of amides is 2. The van der Waals surface area contributed by atoms with E-state index in [1.165, 1.54) is 5.56 Å². The second-order valence-corrected chi connectivity index (χ2v) is 7.17. The quantitative estimate of drug-likeness (QED) is 0.694. The molecule has 0 aliphatic carbocycles. The minimum atomic E-state index is -0.311. The first-order valence-electron chi connectivity index (χ1n) is 9.74. The monoisotopic (exact) mass is 376 g/mol. The van der Waals surface area contributed by atoms with Crippen LogP contribution in [0.1, 0.15) is 24.7 Å². The zero-order valence-corrected chi connectivity index (χ0v) is 15.9. The molecule has 0 saturated carbocycles. The van der Waals surface area contributed by atoms with E-state index in [2.05, 4.69) is 22.2 Å². The van der Waals surface area contributed by atoms with Crippen molar-refractivity contribution in [2.24, 2.45) is 5.92 Å². The number of carbonyl (C=O) groups excluding carboxylic acids is 2. The van der Waals surface area contributed by atoms with E-state index >= 15 is 0 Å². The van der Waals surface area contributed by atoms with Crippen LogP contribution in [0.5, 0.6) is 0 Å². The lowest BCUT2D eigenvalue weighted by Crippen LogP contribution is -2.34. The number of aryl methyl sites for hydroxylation is 1. The molecule has 1 fully saturated rings. The molecule has 1 atom stereocenters. The van der Waals surface area contributed by atoms with E-state index in [0.717, 1.165) is 29.0 Å². The highest BCUT2D eigenvalue weighted by molar-refractivity contribution is 6.00. The van der Waals surface area contributed by atoms with Crippen LogP contribution in [0.25, 0.3) is 11.0 Å². The second-order valence-electron chi connectivity index (χ2n) is 7.17. The van der Waals surface area contributed by atoms with Crippen molar-refractivity contribution >= 4 is 28.5 Å². The Morgan fingerprint density at radius 1 is 1.21 bits per heavy atom. The highest BCUT2D eigenvalue weighted by atomic mass is 16.2. The lowest BCUT2D eigenvalue weighted by atomic mass is 10.1. The number of aromatic amines is 1. The van der Waals surface area contributed by atoms with Gasteiger partial charge in [0, 0.05) is 31.6 Å². The summed E-state index contributed by atoms with van der Waals surface area (Å²) in [7, 11) is 0. The van der Waals surface area contributed by atoms with Crippen molar-refractivity contribution in [3.63, 3.8) is 0 Å². The van der Waals surface area contributed by atoms with Gasteiger partial charge in [-0.25, -0.2) is 4.98 Å². The van der Waals surface area contributed by atoms with Gasteiger partial charge in [-0.1, -0.05) is 31.2 Å². The van der Waals surface area contributed by atoms with Gasteiger partial charge in [0.1, 0.15) is 5.82 Å². The van der Waals surface area contributed by atoms with E-state index in [4.69, 9.17) is 0 Å². The molecule has 1 aliphatic heterocycles. The van der Waals surface area contributed by atoms with Crippen LogP contribution in [0.2, 0.25) is 0 Å². The van der Waals surface area contributed by atoms with Crippen molar-refractivity contribution in [3.05, 3.63) is 59.9 Å². The fourth-order valence-corrected chi connectivity index (χ4v) is 3.62. The first-order valence-corrected chi connectivity index (χ1v) is 9.74. The molecule has 1 aliphatic rings. The maximum Gasteiger partial charge on any atom is 0.227 e. The molecule has 6 nitrogen and oxygen atoms in total. The molecule has 2 N–H and O–H groups in total. The van der Waals surface area contributed by atoms with Crippen LogP contribution in [0.4, 0.5) is 5.69 Å². The van der Waals surface area contributed by atoms with E-state index in [1.54, 1.807) is 4.90 Å². The van der Waals surface area contributed by atoms with Crippen molar-refractivity contribution in [1.82, 2.24) is 15.3 Å². The molecule has 0 spiro atoms. The summed E-state index contributed by atoms with van der Waals surface area (Å²) < 4.78 is 0. The Labute approximate surface area is 164 Å². The largest absolute Gasteiger partial charge is 0.355 e. The predicted octanol–water partition coefficient (Wildman–Crippen LogP) is 2.84. The number of hydrogen-bond donors (Lipinski definition) is 2. The van der Waals surface area contributed by atoms with E-state index in [1.807, 2.05) is 48.5 Å². The van der Waals surface area contributed by atoms with Gasteiger partial charge in [-0.3, -0.25) is 9.59 Å². The average Bonchev–Trinajstić information content (AvgIpc) is 3.31. The van der Waals surface area contributed by atoms with Gasteiger partial charge in [0.2, 0.25) is 11.8 Å². The summed E-state index contributed by atoms with van der Waals surface area (Å²) in [5.41, 5.74) is 4.01. The fourth-order valence-electron chi connectivity index (χ4n) is 3.62. The molecule has 4 rings (SSSR count). The topological polar surface area (TPSA) is 78.1 Å². The summed E-state index contributed by atoms with van der Waals surface area (Å²) in [6.45, 7) is 3.02. The van der Waals surface area contributed by atoms with Crippen molar-refractivity contribution < 1.29 is 9.59 Å². The number of aromatic nitrogens is 2. The van der Waals surface area contributed by atoms with Crippen LogP contribution >= 0.6 is 0 Å². The molecule has 1 unspecified atom stereocenters. The van der Waals surface area contributed by atoms with Gasteiger partial charge in [0.15, 0.2) is 0 Å². The Kier molecular flexibility index (Phi) is 5.10. The van der Waals surface area contributed by atoms with Crippen LogP contribution in [-0.4, -0.2) is 34.9 Å². The van der Waals surface area contributed by atoms with Crippen LogP contribution in [-0.2, 0) is 22.4 Å². The molecular weight excluding hydrogens is 352 g/mol. The highest BCUT2D eigenvalue weighted by Gasteiger charge is 2.34. The lowest BCUT2D eigenvalue weighted by Gasteiger charge is -2.17. The summed E-state index contributed by atoms with van der Waals surface area (Å²) in [6, 6.07) is 15.8. The Balaban J connectivity index is 1.31. The number of benzene rings is 2. The minimum absolute atomic E-state index is 0.00156. The summed E-state index contributed by atoms with van der Waals surface area (Å²) in [4.78, 5) is 34.4. The number of para-hydroxylation sites is 2. The molecule has 2 heterocycles. The zero-order valence-electron chi connectivity index (χ0n) is 15.9. The standard InChI is InChI=1S/C22H24N4O2/c1-2-15-7-9-17(10-8-15)26-14-16(13-21(26)27)22(28)23-12-11-20-24-18-5-3-4-6-19(18)25-20/h3-10,16H,2,11-14H2,1H3,(H,23,28)(H,24,25). The summed E-state index contributed by atoms with van der Waals surface area (Å²) >= 11 is 0. The number of anilines is 1. The normalized spacial score (nSPS) is 16.7. The van der Waals surface area contributed by atoms with E-state index in [-0.39, 0.29) is 24.2 Å². The first kappa shape index (κ1) is 18.2. The predicted molar refractivity (Wildman–Crippen MR) is 109 cm³/mol. The molecule has 6 heteroatoms. The number of nitrogens with zero attached hydrogens (tertiary/aromatic N) is 2. The van der Waals surface area contributed by atoms with Gasteiger partial charge in [-0.15, -0.1) is 0 Å². The Hall–Kier alpha value is -3.15. The number of hydrogen-bond acceptors (Lipinski definition) is 3. The minimum Gasteiger partial charge on any atom is -0.355 e. The molecule has 0 bridgehead atoms. The van der Waals surface area contributed by atoms with Crippen molar-refractivity contribution in [1.29, 1.82) is 0 Å². The van der Waals surface area contributed by atoms with Gasteiger partial charge < -0.3 is 15.2 Å². The zero-order chi connectivity index (χ0) is 19.5. The third-order valence-corrected chi connectivity index (χ3v) is 5.25. The Morgan fingerprint density at radius 2 is 2.00 bits per heavy atom. The molecule has 2 aromatic carbocycles. The Bertz CT molecular complexity index is 960. The van der Waals surface area contributed by atoms with E-state index < -0.39 is 0 Å². The van der Waals surface area contributed by atoms with Gasteiger partial charge in [-0.05, 0) is 36.2 Å². The molecular formula is C22H24N4O2. The summed E-state index contributed by atoms with van der Waals surface area (Å²) in [5.74, 6) is 0.467. The van der Waals surface area contributed by atoms with Gasteiger partial charge in [0.05, 0.1) is 17.0 Å². The maximum absolute atomic E-state index is 12.5. The van der Waals surface area contributed by atoms with Crippen LogP contribution in [0.3, 0.4) is 0 Å². The number of carbonyl (C=O) groups is 2. The molecule has 144 valence electrons. The molecule has 0 radical (unpaired) electrons. The number of H-pyrrole nitrogens is 1. The van der Waals surface area contributed by atoms with Crippen molar-refractivity contribution in [2.45, 2.75) is 26.2 Å². The van der Waals surface area contributed by atoms with Gasteiger partial charge in [0.25, 0.3) is 0 Å². The summed E-state index contributed by atoms with van der Waals surface area (Å²) in [5, 5.41) is 2.95. The third kappa shape index (κ3) is 3.76. The highest BCUT2D eigenvalue weighted by Crippen LogP contribution is 2.25. The van der Waals surface area contributed by atoms with Crippen LogP contribution in [0, 0.1) is 5.92 Å². The lowest BCUT2D eigenvalue weighted by molar-refractivity contribution is -0.126. The van der Waals surface area contributed by atoms with Gasteiger partial charge in [-0.2, -0.15) is 0 Å². The van der Waals surface area contributed by atoms with E-state index in [9.17, 15) is 9.59 Å². The number of nitrogens with one attached hydrogen (secondary N) is 2. The first-order chi connectivity index (χ1) is 13.6. The maximum atomic E-state index is 12.5. The van der Waals surface area contributed by atoms with Crippen LogP contribution in [0.15, 0.2) is 48.5 Å².